The first-order valence-electron chi connectivity index (χ1n) is 13.1. The number of nitrogens with zero attached hydrogens (tertiary/aromatic N) is 2. The molecule has 3 aromatic rings. The molecule has 2 unspecified atom stereocenters. The summed E-state index contributed by atoms with van der Waals surface area (Å²) in [5.41, 5.74) is 0.0496. The summed E-state index contributed by atoms with van der Waals surface area (Å²) in [6.07, 6.45) is -2.44. The normalized spacial score (nSPS) is 12.7. The summed E-state index contributed by atoms with van der Waals surface area (Å²) in [4.78, 5) is 54.9. The van der Waals surface area contributed by atoms with Gasteiger partial charge in [-0.3, -0.25) is 19.5 Å². The Morgan fingerprint density at radius 1 is 1.02 bits per heavy atom. The Bertz CT molecular complexity index is 1430. The average Bonchev–Trinajstić information content (AvgIpc) is 2.97. The number of aliphatic hydroxyl groups is 1. The van der Waals surface area contributed by atoms with Gasteiger partial charge < -0.3 is 19.9 Å². The smallest absolute Gasteiger partial charge is 0.412 e. The van der Waals surface area contributed by atoms with E-state index in [4.69, 9.17) is 4.74 Å². The minimum Gasteiger partial charge on any atom is -0.461 e. The maximum Gasteiger partial charge on any atom is 0.412 e. The molecular formula is C29H32F2N4O7. The van der Waals surface area contributed by atoms with Crippen LogP contribution in [-0.2, 0) is 32.2 Å². The van der Waals surface area contributed by atoms with E-state index < -0.39 is 54.1 Å². The highest BCUT2D eigenvalue weighted by Gasteiger charge is 2.52. The molecule has 0 saturated heterocycles. The molecule has 2 amide bonds. The lowest BCUT2D eigenvalue weighted by molar-refractivity contribution is -0.192. The molecule has 0 aliphatic rings. The Labute approximate surface area is 240 Å². The van der Waals surface area contributed by atoms with Gasteiger partial charge in [-0.05, 0) is 18.4 Å². The van der Waals surface area contributed by atoms with Gasteiger partial charge in [0.05, 0.1) is 18.8 Å². The summed E-state index contributed by atoms with van der Waals surface area (Å²) in [6, 6.07) is 15.6. The van der Waals surface area contributed by atoms with Crippen LogP contribution < -0.4 is 16.2 Å². The second-order valence-corrected chi connectivity index (χ2v) is 9.57. The van der Waals surface area contributed by atoms with Crippen molar-refractivity contribution in [3.05, 3.63) is 82.8 Å². The number of carbonyl (C=O) groups is 3. The van der Waals surface area contributed by atoms with Crippen LogP contribution in [0.4, 0.5) is 19.3 Å². The number of rotatable bonds is 12. The number of benzene rings is 2. The van der Waals surface area contributed by atoms with E-state index in [-0.39, 0.29) is 24.7 Å². The first-order chi connectivity index (χ1) is 19.9. The van der Waals surface area contributed by atoms with E-state index in [9.17, 15) is 33.1 Å². The third kappa shape index (κ3) is 7.97. The predicted molar refractivity (Wildman–Crippen MR) is 149 cm³/mol. The van der Waals surface area contributed by atoms with E-state index in [1.807, 2.05) is 0 Å². The van der Waals surface area contributed by atoms with Crippen molar-refractivity contribution in [2.24, 2.45) is 5.92 Å². The number of halogens is 2. The highest BCUT2D eigenvalue weighted by molar-refractivity contribution is 5.84. The fourth-order valence-electron chi connectivity index (χ4n) is 3.97. The molecule has 2 atom stereocenters. The molecule has 0 aliphatic heterocycles. The minimum atomic E-state index is -4.31. The zero-order chi connectivity index (χ0) is 30.9. The number of alkyl halides is 2. The summed E-state index contributed by atoms with van der Waals surface area (Å²) in [5.74, 6) is -7.87. The van der Waals surface area contributed by atoms with Crippen molar-refractivity contribution in [1.29, 1.82) is 0 Å². The van der Waals surface area contributed by atoms with E-state index in [1.54, 1.807) is 60.7 Å². The van der Waals surface area contributed by atoms with E-state index in [1.165, 1.54) is 20.8 Å². The molecule has 0 radical (unpaired) electrons. The predicted octanol–water partition coefficient (Wildman–Crippen LogP) is 3.36. The maximum absolute atomic E-state index is 14.6. The second kappa shape index (κ2) is 14.3. The third-order valence-electron chi connectivity index (χ3n) is 6.14. The lowest BCUT2D eigenvalue weighted by Crippen LogP contribution is -2.57. The molecule has 0 spiro atoms. The number of hydrogen-bond acceptors (Lipinski definition) is 8. The zero-order valence-corrected chi connectivity index (χ0v) is 23.3. The molecule has 1 aromatic heterocycles. The molecule has 1 heterocycles. The molecule has 3 rings (SSSR count). The Morgan fingerprint density at radius 2 is 1.64 bits per heavy atom. The number of esters is 1. The molecule has 3 N–H and O–H groups in total. The highest BCUT2D eigenvalue weighted by Crippen LogP contribution is 2.26. The molecule has 0 bridgehead atoms. The van der Waals surface area contributed by atoms with E-state index in [0.29, 0.717) is 5.56 Å². The summed E-state index contributed by atoms with van der Waals surface area (Å²) < 4.78 is 39.6. The molecule has 42 heavy (non-hydrogen) atoms. The topological polar surface area (TPSA) is 149 Å². The van der Waals surface area contributed by atoms with Crippen LogP contribution in [0.1, 0.15) is 26.3 Å². The van der Waals surface area contributed by atoms with Crippen molar-refractivity contribution < 1.29 is 37.7 Å². The number of hydrogen-bond donors (Lipinski definition) is 3. The Hall–Kier alpha value is -4.65. The summed E-state index contributed by atoms with van der Waals surface area (Å²) in [5, 5.41) is 15.0. The number of nitrogens with one attached hydrogen (secondary N) is 2. The van der Waals surface area contributed by atoms with Gasteiger partial charge in [-0.15, -0.1) is 0 Å². The lowest BCUT2D eigenvalue weighted by atomic mass is 9.94. The second-order valence-electron chi connectivity index (χ2n) is 9.57. The molecule has 0 saturated carbocycles. The van der Waals surface area contributed by atoms with Crippen LogP contribution in [0.5, 0.6) is 0 Å². The lowest BCUT2D eigenvalue weighted by Gasteiger charge is -2.31. The molecule has 0 aliphatic carbocycles. The van der Waals surface area contributed by atoms with Gasteiger partial charge in [-0.1, -0.05) is 74.5 Å². The van der Waals surface area contributed by atoms with E-state index >= 15 is 0 Å². The minimum absolute atomic E-state index is 0.0532. The number of ether oxygens (including phenoxy) is 2. The Kier molecular flexibility index (Phi) is 10.9. The van der Waals surface area contributed by atoms with Crippen molar-refractivity contribution in [3.63, 3.8) is 0 Å². The SMILES string of the molecule is CCOC(=O)C(F)(F)C(O)C(NC(=O)Cn1c(-c2ccccc2)ncc(NC(=O)OCc2ccccc2)c1=O)C(C)C. The standard InChI is InChI=1S/C29H32F2N4O7/c1-4-41-27(39)29(30,31)24(37)23(18(2)3)34-22(36)16-35-25(20-13-9-6-10-14-20)32-15-21(26(35)38)33-28(40)42-17-19-11-7-5-8-12-19/h5-15,18,23-24,37H,4,16-17H2,1-3H3,(H,33,40)(H,34,36). The number of amides is 2. The molecule has 224 valence electrons. The molecule has 2 aromatic carbocycles. The number of aromatic nitrogens is 2. The Morgan fingerprint density at radius 3 is 2.24 bits per heavy atom. The van der Waals surface area contributed by atoms with Crippen LogP contribution in [0, 0.1) is 5.92 Å². The van der Waals surface area contributed by atoms with Gasteiger partial charge in [0.15, 0.2) is 0 Å². The quantitative estimate of drug-likeness (QED) is 0.274. The van der Waals surface area contributed by atoms with Crippen LogP contribution >= 0.6 is 0 Å². The van der Waals surface area contributed by atoms with E-state index in [0.717, 1.165) is 16.3 Å². The summed E-state index contributed by atoms with van der Waals surface area (Å²) in [7, 11) is 0. The van der Waals surface area contributed by atoms with Gasteiger partial charge in [0.2, 0.25) is 5.91 Å². The first kappa shape index (κ1) is 31.9. The van der Waals surface area contributed by atoms with Gasteiger partial charge in [0.1, 0.15) is 30.8 Å². The Balaban J connectivity index is 1.86. The molecule has 0 fully saturated rings. The summed E-state index contributed by atoms with van der Waals surface area (Å²) >= 11 is 0. The monoisotopic (exact) mass is 586 g/mol. The van der Waals surface area contributed by atoms with Gasteiger partial charge in [-0.2, -0.15) is 8.78 Å². The molecule has 13 heteroatoms. The van der Waals surface area contributed by atoms with Crippen molar-refractivity contribution in [1.82, 2.24) is 14.9 Å². The van der Waals surface area contributed by atoms with Gasteiger partial charge in [0.25, 0.3) is 5.56 Å². The van der Waals surface area contributed by atoms with Crippen LogP contribution in [0.3, 0.4) is 0 Å². The van der Waals surface area contributed by atoms with Crippen LogP contribution in [0.15, 0.2) is 71.7 Å². The van der Waals surface area contributed by atoms with Crippen LogP contribution in [0.25, 0.3) is 11.4 Å². The molecular weight excluding hydrogens is 554 g/mol. The fraction of sp³-hybridized carbons (Fsp3) is 0.345. The van der Waals surface area contributed by atoms with Gasteiger partial charge >= 0.3 is 18.0 Å². The summed E-state index contributed by atoms with van der Waals surface area (Å²) in [6.45, 7) is 3.15. The first-order valence-corrected chi connectivity index (χ1v) is 13.1. The fourth-order valence-corrected chi connectivity index (χ4v) is 3.97. The maximum atomic E-state index is 14.6. The molecule has 11 nitrogen and oxygen atoms in total. The van der Waals surface area contributed by atoms with Crippen molar-refractivity contribution in [3.8, 4) is 11.4 Å². The van der Waals surface area contributed by atoms with E-state index in [2.05, 4.69) is 20.4 Å². The highest BCUT2D eigenvalue weighted by atomic mass is 19.3. The zero-order valence-electron chi connectivity index (χ0n) is 23.3. The third-order valence-corrected chi connectivity index (χ3v) is 6.14. The van der Waals surface area contributed by atoms with Gasteiger partial charge in [-0.25, -0.2) is 14.6 Å². The average molecular weight is 587 g/mol. The van der Waals surface area contributed by atoms with Crippen molar-refractivity contribution in [2.45, 2.75) is 52.0 Å². The van der Waals surface area contributed by atoms with Crippen LogP contribution in [-0.4, -0.2) is 57.3 Å². The van der Waals surface area contributed by atoms with Crippen molar-refractivity contribution in [2.75, 3.05) is 11.9 Å². The van der Waals surface area contributed by atoms with Crippen molar-refractivity contribution >= 4 is 23.7 Å². The number of aliphatic hydroxyl groups excluding tert-OH is 1. The van der Waals surface area contributed by atoms with Crippen LogP contribution in [0.2, 0.25) is 0 Å². The van der Waals surface area contributed by atoms with Gasteiger partial charge in [0, 0.05) is 5.56 Å². The largest absolute Gasteiger partial charge is 0.461 e. The number of carbonyl (C=O) groups excluding carboxylic acids is 3. The number of anilines is 1.